The third-order valence-corrected chi connectivity index (χ3v) is 4.91. The predicted octanol–water partition coefficient (Wildman–Crippen LogP) is -0.317. The molecule has 2 N–H and O–H groups in total. The number of rotatable bonds is 6. The number of nitrogens with one attached hydrogen (secondary N) is 1. The fourth-order valence-corrected chi connectivity index (χ4v) is 3.22. The van der Waals surface area contributed by atoms with E-state index in [2.05, 4.69) is 9.71 Å². The molecule has 0 spiro atoms. The van der Waals surface area contributed by atoms with E-state index in [0.717, 1.165) is 0 Å². The lowest BCUT2D eigenvalue weighted by Gasteiger charge is -2.15. The van der Waals surface area contributed by atoms with Gasteiger partial charge in [0, 0.05) is 38.4 Å². The molecule has 2 heterocycles. The van der Waals surface area contributed by atoms with E-state index in [1.807, 2.05) is 0 Å². The minimum absolute atomic E-state index is 0.00810. The fraction of sp³-hybridized carbons (Fsp3) is 0.462. The van der Waals surface area contributed by atoms with Crippen molar-refractivity contribution in [3.63, 3.8) is 0 Å². The second-order valence-electron chi connectivity index (χ2n) is 5.00. The van der Waals surface area contributed by atoms with Crippen molar-refractivity contribution in [1.29, 1.82) is 0 Å². The Kier molecular flexibility index (Phi) is 5.09. The lowest BCUT2D eigenvalue weighted by Crippen LogP contribution is -2.33. The van der Waals surface area contributed by atoms with Crippen molar-refractivity contribution in [2.45, 2.75) is 17.7 Å². The molecule has 1 fully saturated rings. The van der Waals surface area contributed by atoms with Gasteiger partial charge in [-0.2, -0.15) is 0 Å². The van der Waals surface area contributed by atoms with Crippen molar-refractivity contribution in [3.8, 4) is 0 Å². The van der Waals surface area contributed by atoms with Crippen LogP contribution in [0.15, 0.2) is 29.4 Å². The Bertz CT molecular complexity index is 647. The van der Waals surface area contributed by atoms with Crippen LogP contribution in [0.5, 0.6) is 0 Å². The van der Waals surface area contributed by atoms with Gasteiger partial charge in [-0.25, -0.2) is 13.1 Å². The molecule has 1 unspecified atom stereocenters. The lowest BCUT2D eigenvalue weighted by atomic mass is 10.1. The highest BCUT2D eigenvalue weighted by molar-refractivity contribution is 7.89. The summed E-state index contributed by atoms with van der Waals surface area (Å²) in [6.07, 6.45) is 3.12. The van der Waals surface area contributed by atoms with Gasteiger partial charge in [-0.1, -0.05) is 0 Å². The standard InChI is InChI=1S/C13H17N3O5S/c17-12(16-7-4-10(9-16)13(18)19)3-6-15-22(20,21)11-2-1-5-14-8-11/h1-2,5,8,10,15H,3-4,6-7,9H2,(H,18,19). The number of hydrogen-bond acceptors (Lipinski definition) is 5. The summed E-state index contributed by atoms with van der Waals surface area (Å²) in [5.41, 5.74) is 0. The Labute approximate surface area is 128 Å². The molecule has 1 aliphatic rings. The molecule has 1 saturated heterocycles. The van der Waals surface area contributed by atoms with Gasteiger partial charge in [-0.15, -0.1) is 0 Å². The highest BCUT2D eigenvalue weighted by Crippen LogP contribution is 2.17. The topological polar surface area (TPSA) is 117 Å². The molecule has 9 heteroatoms. The van der Waals surface area contributed by atoms with E-state index in [9.17, 15) is 18.0 Å². The molecule has 120 valence electrons. The Morgan fingerprint density at radius 3 is 2.82 bits per heavy atom. The Hall–Kier alpha value is -2.00. The summed E-state index contributed by atoms with van der Waals surface area (Å²) in [7, 11) is -3.68. The predicted molar refractivity (Wildman–Crippen MR) is 76.4 cm³/mol. The number of carbonyl (C=O) groups is 2. The van der Waals surface area contributed by atoms with Gasteiger partial charge in [0.25, 0.3) is 0 Å². The smallest absolute Gasteiger partial charge is 0.308 e. The molecule has 0 aliphatic carbocycles. The van der Waals surface area contributed by atoms with Crippen LogP contribution in [-0.2, 0) is 19.6 Å². The first-order valence-corrected chi connectivity index (χ1v) is 8.29. The van der Waals surface area contributed by atoms with E-state index in [0.29, 0.717) is 13.0 Å². The van der Waals surface area contributed by atoms with E-state index in [1.54, 1.807) is 0 Å². The van der Waals surface area contributed by atoms with Gasteiger partial charge in [-0.3, -0.25) is 14.6 Å². The van der Waals surface area contributed by atoms with Crippen molar-refractivity contribution in [3.05, 3.63) is 24.5 Å². The number of amides is 1. The van der Waals surface area contributed by atoms with Crippen molar-refractivity contribution in [2.75, 3.05) is 19.6 Å². The Morgan fingerprint density at radius 1 is 1.45 bits per heavy atom. The molecule has 1 atom stereocenters. The summed E-state index contributed by atoms with van der Waals surface area (Å²) >= 11 is 0. The van der Waals surface area contributed by atoms with Gasteiger partial charge in [0.2, 0.25) is 15.9 Å². The van der Waals surface area contributed by atoms with Crippen molar-refractivity contribution >= 4 is 21.9 Å². The summed E-state index contributed by atoms with van der Waals surface area (Å²) < 4.78 is 26.2. The van der Waals surface area contributed by atoms with Crippen LogP contribution in [0.1, 0.15) is 12.8 Å². The number of nitrogens with zero attached hydrogens (tertiary/aromatic N) is 2. The van der Waals surface area contributed by atoms with Crippen LogP contribution in [0.2, 0.25) is 0 Å². The first-order chi connectivity index (χ1) is 10.4. The molecule has 1 aromatic heterocycles. The molecule has 1 aromatic rings. The molecule has 22 heavy (non-hydrogen) atoms. The van der Waals surface area contributed by atoms with Crippen LogP contribution >= 0.6 is 0 Å². The zero-order valence-corrected chi connectivity index (χ0v) is 12.6. The molecule has 0 bridgehead atoms. The van der Waals surface area contributed by atoms with Crippen molar-refractivity contribution < 1.29 is 23.1 Å². The Balaban J connectivity index is 1.82. The lowest BCUT2D eigenvalue weighted by molar-refractivity contribution is -0.141. The number of aliphatic carboxylic acids is 1. The first-order valence-electron chi connectivity index (χ1n) is 6.80. The van der Waals surface area contributed by atoms with Crippen LogP contribution < -0.4 is 4.72 Å². The summed E-state index contributed by atoms with van der Waals surface area (Å²) in [6.45, 7) is 0.541. The second kappa shape index (κ2) is 6.84. The van der Waals surface area contributed by atoms with Crippen LogP contribution in [-0.4, -0.2) is 54.9 Å². The van der Waals surface area contributed by atoms with Crippen molar-refractivity contribution in [1.82, 2.24) is 14.6 Å². The summed E-state index contributed by atoms with van der Waals surface area (Å²) in [4.78, 5) is 28.0. The minimum Gasteiger partial charge on any atom is -0.481 e. The number of likely N-dealkylation sites (tertiary alicyclic amines) is 1. The van der Waals surface area contributed by atoms with Crippen LogP contribution in [0.3, 0.4) is 0 Å². The number of carboxylic acid groups (broad SMARTS) is 1. The maximum atomic E-state index is 11.9. The summed E-state index contributed by atoms with van der Waals surface area (Å²) in [5.74, 6) is -1.69. The van der Waals surface area contributed by atoms with Gasteiger partial charge < -0.3 is 10.0 Å². The zero-order chi connectivity index (χ0) is 16.2. The van der Waals surface area contributed by atoms with Crippen LogP contribution in [0.25, 0.3) is 0 Å². The average molecular weight is 327 g/mol. The average Bonchev–Trinajstić information content (AvgIpc) is 2.98. The third kappa shape index (κ3) is 4.01. The number of carboxylic acids is 1. The molecule has 0 radical (unpaired) electrons. The summed E-state index contributed by atoms with van der Waals surface area (Å²) in [6, 6.07) is 2.92. The molecule has 0 aromatic carbocycles. The molecular formula is C13H17N3O5S. The largest absolute Gasteiger partial charge is 0.481 e. The van der Waals surface area contributed by atoms with Gasteiger partial charge in [0.15, 0.2) is 0 Å². The molecule has 8 nitrogen and oxygen atoms in total. The van der Waals surface area contributed by atoms with E-state index < -0.39 is 21.9 Å². The molecule has 1 aliphatic heterocycles. The third-order valence-electron chi connectivity index (χ3n) is 3.47. The minimum atomic E-state index is -3.68. The second-order valence-corrected chi connectivity index (χ2v) is 6.77. The first kappa shape index (κ1) is 16.4. The Morgan fingerprint density at radius 2 is 2.23 bits per heavy atom. The van der Waals surface area contributed by atoms with E-state index in [-0.39, 0.29) is 30.3 Å². The fourth-order valence-electron chi connectivity index (χ4n) is 2.23. The number of sulfonamides is 1. The van der Waals surface area contributed by atoms with Gasteiger partial charge >= 0.3 is 5.97 Å². The number of carbonyl (C=O) groups excluding carboxylic acids is 1. The van der Waals surface area contributed by atoms with Gasteiger partial charge in [0.1, 0.15) is 4.90 Å². The van der Waals surface area contributed by atoms with Crippen molar-refractivity contribution in [2.24, 2.45) is 5.92 Å². The highest BCUT2D eigenvalue weighted by Gasteiger charge is 2.30. The highest BCUT2D eigenvalue weighted by atomic mass is 32.2. The van der Waals surface area contributed by atoms with Crippen LogP contribution in [0.4, 0.5) is 0 Å². The quantitative estimate of drug-likeness (QED) is 0.740. The maximum absolute atomic E-state index is 11.9. The SMILES string of the molecule is O=C(O)C1CCN(C(=O)CCNS(=O)(=O)c2cccnc2)C1. The monoisotopic (exact) mass is 327 g/mol. The summed E-state index contributed by atoms with van der Waals surface area (Å²) in [5, 5.41) is 8.89. The molecule has 1 amide bonds. The van der Waals surface area contributed by atoms with Gasteiger partial charge in [-0.05, 0) is 18.6 Å². The maximum Gasteiger partial charge on any atom is 0.308 e. The molecule has 0 saturated carbocycles. The van der Waals surface area contributed by atoms with E-state index in [1.165, 1.54) is 29.4 Å². The molecular weight excluding hydrogens is 310 g/mol. The normalized spacial score (nSPS) is 18.4. The van der Waals surface area contributed by atoms with Gasteiger partial charge in [0.05, 0.1) is 5.92 Å². The van der Waals surface area contributed by atoms with Crippen LogP contribution in [0, 0.1) is 5.92 Å². The number of aromatic nitrogens is 1. The molecule has 2 rings (SSSR count). The number of hydrogen-bond donors (Lipinski definition) is 2. The van der Waals surface area contributed by atoms with E-state index in [4.69, 9.17) is 5.11 Å². The van der Waals surface area contributed by atoms with E-state index >= 15 is 0 Å². The number of pyridine rings is 1. The zero-order valence-electron chi connectivity index (χ0n) is 11.8.